The highest BCUT2D eigenvalue weighted by atomic mass is 35.5. The van der Waals surface area contributed by atoms with E-state index in [1.54, 1.807) is 59.4 Å². The van der Waals surface area contributed by atoms with Crippen molar-refractivity contribution in [2.45, 2.75) is 50.1 Å². The van der Waals surface area contributed by atoms with Gasteiger partial charge in [0.05, 0.1) is 18.0 Å². The second-order valence-electron chi connectivity index (χ2n) is 10.2. The van der Waals surface area contributed by atoms with Crippen molar-refractivity contribution in [3.05, 3.63) is 77.8 Å². The van der Waals surface area contributed by atoms with Crippen LogP contribution in [0.3, 0.4) is 0 Å². The quantitative estimate of drug-likeness (QED) is 0.265. The summed E-state index contributed by atoms with van der Waals surface area (Å²) in [5.74, 6) is 0.324. The maximum Gasteiger partial charge on any atom is 0.381 e. The van der Waals surface area contributed by atoms with E-state index < -0.39 is 37.5 Å². The van der Waals surface area contributed by atoms with Crippen LogP contribution in [0, 0.1) is 0 Å². The molecule has 0 bridgehead atoms. The van der Waals surface area contributed by atoms with E-state index in [9.17, 15) is 4.79 Å². The molecule has 6 atom stereocenters. The smallest absolute Gasteiger partial charge is 0.381 e. The fourth-order valence-electron chi connectivity index (χ4n) is 5.26. The number of imidazole rings is 1. The third-order valence-electron chi connectivity index (χ3n) is 7.33. The molecular weight excluding hydrogens is 617 g/mol. The highest BCUT2D eigenvalue weighted by Gasteiger charge is 2.54. The minimum Gasteiger partial charge on any atom is -0.423 e. The SMILES string of the molecule is O=C(Nc1ncnc2c1ncn2C1OC2COP(=S)(Oc3ccccc3Cl)OC2C1OC1CCCCO1)c1ccccc1. The van der Waals surface area contributed by atoms with Crippen LogP contribution in [0.1, 0.15) is 35.8 Å². The first kappa shape index (κ1) is 28.8. The van der Waals surface area contributed by atoms with Crippen LogP contribution in [-0.4, -0.2) is 63.2 Å². The molecule has 7 rings (SSSR count). The van der Waals surface area contributed by atoms with E-state index in [1.807, 2.05) is 6.07 Å². The Hall–Kier alpha value is -3.00. The lowest BCUT2D eigenvalue weighted by atomic mass is 10.1. The van der Waals surface area contributed by atoms with Crippen molar-refractivity contribution in [3.63, 3.8) is 0 Å². The summed E-state index contributed by atoms with van der Waals surface area (Å²) in [6.45, 7) is -2.56. The average Bonchev–Trinajstić information content (AvgIpc) is 3.61. The molecule has 2 aromatic carbocycles. The molecular formula is C28H27ClN5O7PS. The summed E-state index contributed by atoms with van der Waals surface area (Å²) >= 11 is 12.1. The monoisotopic (exact) mass is 643 g/mol. The highest BCUT2D eigenvalue weighted by molar-refractivity contribution is 8.07. The normalized spacial score (nSPS) is 28.8. The molecule has 15 heteroatoms. The van der Waals surface area contributed by atoms with E-state index in [0.717, 1.165) is 19.3 Å². The molecule has 0 spiro atoms. The van der Waals surface area contributed by atoms with Gasteiger partial charge in [0.1, 0.15) is 30.4 Å². The number of carbonyl (C=O) groups is 1. The van der Waals surface area contributed by atoms with Crippen LogP contribution in [0.4, 0.5) is 5.82 Å². The van der Waals surface area contributed by atoms with Gasteiger partial charge in [0.25, 0.3) is 5.91 Å². The number of hydrogen-bond donors (Lipinski definition) is 1. The molecule has 6 unspecified atom stereocenters. The first-order valence-corrected chi connectivity index (χ1v) is 16.7. The Morgan fingerprint density at radius 1 is 1.09 bits per heavy atom. The predicted octanol–water partition coefficient (Wildman–Crippen LogP) is 5.26. The van der Waals surface area contributed by atoms with Crippen molar-refractivity contribution in [2.75, 3.05) is 18.5 Å². The van der Waals surface area contributed by atoms with Crippen LogP contribution in [-0.2, 0) is 35.1 Å². The minimum absolute atomic E-state index is 0.119. The first-order chi connectivity index (χ1) is 21.0. The molecule has 0 saturated carbocycles. The van der Waals surface area contributed by atoms with Gasteiger partial charge >= 0.3 is 6.72 Å². The average molecular weight is 644 g/mol. The minimum atomic E-state index is -3.28. The van der Waals surface area contributed by atoms with Crippen molar-refractivity contribution >= 4 is 53.0 Å². The van der Waals surface area contributed by atoms with Crippen molar-refractivity contribution < 1.29 is 32.6 Å². The number of halogens is 1. The number of para-hydroxylation sites is 1. The molecule has 0 radical (unpaired) electrons. The summed E-state index contributed by atoms with van der Waals surface area (Å²) in [7, 11) is 0. The van der Waals surface area contributed by atoms with E-state index in [1.165, 1.54) is 6.33 Å². The lowest BCUT2D eigenvalue weighted by Crippen LogP contribution is -2.43. The Kier molecular flexibility index (Phi) is 8.14. The van der Waals surface area contributed by atoms with Crippen LogP contribution >= 0.6 is 18.3 Å². The molecule has 224 valence electrons. The number of rotatable bonds is 7. The highest BCUT2D eigenvalue weighted by Crippen LogP contribution is 2.58. The van der Waals surface area contributed by atoms with Crippen LogP contribution in [0.2, 0.25) is 5.02 Å². The number of benzene rings is 2. The number of aromatic nitrogens is 4. The van der Waals surface area contributed by atoms with Crippen LogP contribution in [0.25, 0.3) is 11.2 Å². The van der Waals surface area contributed by atoms with Crippen LogP contribution < -0.4 is 9.84 Å². The number of ether oxygens (including phenoxy) is 3. The summed E-state index contributed by atoms with van der Waals surface area (Å²) in [5.41, 5.74) is 1.32. The van der Waals surface area contributed by atoms with Gasteiger partial charge in [0.2, 0.25) is 0 Å². The molecule has 3 aliphatic heterocycles. The van der Waals surface area contributed by atoms with Gasteiger partial charge in [-0.3, -0.25) is 18.4 Å². The number of carbonyl (C=O) groups excluding carboxylic acids is 1. The van der Waals surface area contributed by atoms with Crippen LogP contribution in [0.5, 0.6) is 5.75 Å². The second-order valence-corrected chi connectivity index (χ2v) is 13.5. The molecule has 2 aromatic heterocycles. The maximum atomic E-state index is 12.9. The molecule has 4 aromatic rings. The lowest BCUT2D eigenvalue weighted by molar-refractivity contribution is -0.213. The zero-order valence-corrected chi connectivity index (χ0v) is 25.1. The van der Waals surface area contributed by atoms with Gasteiger partial charge < -0.3 is 24.1 Å². The van der Waals surface area contributed by atoms with Gasteiger partial charge in [0.15, 0.2) is 29.5 Å². The Bertz CT molecular complexity index is 1670. The first-order valence-electron chi connectivity index (χ1n) is 13.8. The lowest BCUT2D eigenvalue weighted by Gasteiger charge is -2.36. The van der Waals surface area contributed by atoms with Crippen molar-refractivity contribution in [3.8, 4) is 5.75 Å². The zero-order valence-electron chi connectivity index (χ0n) is 22.7. The number of anilines is 1. The molecule has 5 heterocycles. The summed E-state index contributed by atoms with van der Waals surface area (Å²) in [5, 5.41) is 3.22. The number of amides is 1. The van der Waals surface area contributed by atoms with E-state index in [2.05, 4.69) is 20.3 Å². The predicted molar refractivity (Wildman–Crippen MR) is 159 cm³/mol. The third-order valence-corrected chi connectivity index (χ3v) is 9.83. The van der Waals surface area contributed by atoms with E-state index in [4.69, 9.17) is 51.2 Å². The maximum absolute atomic E-state index is 12.9. The molecule has 0 aliphatic carbocycles. The van der Waals surface area contributed by atoms with Gasteiger partial charge in [-0.2, -0.15) is 0 Å². The topological polar surface area (TPSA) is 128 Å². The van der Waals surface area contributed by atoms with Gasteiger partial charge in [0, 0.05) is 24.0 Å². The second kappa shape index (κ2) is 12.2. The van der Waals surface area contributed by atoms with Gasteiger partial charge in [-0.15, -0.1) is 0 Å². The number of fused-ring (bicyclic) bond motifs is 2. The molecule has 43 heavy (non-hydrogen) atoms. The summed E-state index contributed by atoms with van der Waals surface area (Å²) in [6.07, 6.45) is 2.57. The fraction of sp³-hybridized carbons (Fsp3) is 0.357. The third kappa shape index (κ3) is 5.92. The number of hydrogen-bond acceptors (Lipinski definition) is 11. The zero-order chi connectivity index (χ0) is 29.4. The fourth-order valence-corrected chi connectivity index (χ4v) is 7.65. The van der Waals surface area contributed by atoms with Crippen molar-refractivity contribution in [1.82, 2.24) is 19.5 Å². The van der Waals surface area contributed by atoms with E-state index in [0.29, 0.717) is 34.1 Å². The van der Waals surface area contributed by atoms with E-state index in [-0.39, 0.29) is 18.3 Å². The molecule has 3 saturated heterocycles. The number of nitrogens with one attached hydrogen (secondary N) is 1. The van der Waals surface area contributed by atoms with E-state index >= 15 is 0 Å². The van der Waals surface area contributed by atoms with Gasteiger partial charge in [-0.05, 0) is 43.5 Å². The molecule has 1 N–H and O–H groups in total. The Morgan fingerprint density at radius 2 is 1.93 bits per heavy atom. The Morgan fingerprint density at radius 3 is 2.74 bits per heavy atom. The Balaban J connectivity index is 1.19. The molecule has 12 nitrogen and oxygen atoms in total. The Labute approximate surface area is 256 Å². The van der Waals surface area contributed by atoms with Crippen molar-refractivity contribution in [1.29, 1.82) is 0 Å². The molecule has 3 fully saturated rings. The standard InChI is InChI=1S/C28H27ClN5O7PS/c29-18-10-4-5-11-19(18)40-42(43)37-14-20-23(41-42)24(39-21-12-6-7-13-36-21)28(38-20)34-16-32-22-25(30-15-31-26(22)34)33-27(35)17-8-2-1-3-9-17/h1-5,8-11,15-16,20-21,23-24,28H,6-7,12-14H2,(H,30,31,33,35). The van der Waals surface area contributed by atoms with Gasteiger partial charge in [-0.1, -0.05) is 41.9 Å². The summed E-state index contributed by atoms with van der Waals surface area (Å²) in [6, 6.07) is 15.8. The van der Waals surface area contributed by atoms with Crippen LogP contribution in [0.15, 0.2) is 67.3 Å². The van der Waals surface area contributed by atoms with Crippen molar-refractivity contribution in [2.24, 2.45) is 0 Å². The summed E-state index contributed by atoms with van der Waals surface area (Å²) < 4.78 is 39.0. The van der Waals surface area contributed by atoms with Gasteiger partial charge in [-0.25, -0.2) is 15.0 Å². The summed E-state index contributed by atoms with van der Waals surface area (Å²) in [4.78, 5) is 26.1. The largest absolute Gasteiger partial charge is 0.423 e. The number of nitrogens with zero attached hydrogens (tertiary/aromatic N) is 4. The molecule has 1 amide bonds. The molecule has 3 aliphatic rings.